The molecule has 0 radical (unpaired) electrons. The maximum atomic E-state index is 11.5. The van der Waals surface area contributed by atoms with Gasteiger partial charge >= 0.3 is 0 Å². The number of nitrogen functional groups attached to an aromatic ring is 1. The van der Waals surface area contributed by atoms with E-state index in [1.54, 1.807) is 6.07 Å². The van der Waals surface area contributed by atoms with E-state index in [4.69, 9.17) is 5.84 Å². The van der Waals surface area contributed by atoms with Crippen molar-refractivity contribution in [2.24, 2.45) is 5.84 Å². The summed E-state index contributed by atoms with van der Waals surface area (Å²) in [7, 11) is 4.13. The summed E-state index contributed by atoms with van der Waals surface area (Å²) in [6.07, 6.45) is 1.09. The number of rotatable bonds is 8. The Hall–Kier alpha value is -1.50. The van der Waals surface area contributed by atoms with Crippen LogP contribution < -0.4 is 11.3 Å². The molecule has 6 nitrogen and oxygen atoms in total. The quantitative estimate of drug-likeness (QED) is 0.411. The Labute approximate surface area is 120 Å². The second kappa shape index (κ2) is 8.63. The third-order valence-corrected chi connectivity index (χ3v) is 2.96. The van der Waals surface area contributed by atoms with Gasteiger partial charge in [0.25, 0.3) is 5.91 Å². The molecular weight excluding hydrogens is 254 g/mol. The first-order chi connectivity index (χ1) is 9.56. The smallest absolute Gasteiger partial charge is 0.283 e. The molecule has 0 spiro atoms. The molecule has 1 amide bonds. The molecule has 1 aromatic rings. The number of nitrogens with one attached hydrogen (secondary N) is 1. The molecule has 0 aliphatic rings. The second-order valence-electron chi connectivity index (χ2n) is 5.07. The van der Waals surface area contributed by atoms with Gasteiger partial charge in [0.05, 0.1) is 5.69 Å². The van der Waals surface area contributed by atoms with Crippen LogP contribution in [0.2, 0.25) is 0 Å². The summed E-state index contributed by atoms with van der Waals surface area (Å²) in [4.78, 5) is 20.3. The van der Waals surface area contributed by atoms with Gasteiger partial charge in [-0.25, -0.2) is 10.8 Å². The first kappa shape index (κ1) is 16.6. The number of hydrogen-bond donors (Lipinski definition) is 2. The lowest BCUT2D eigenvalue weighted by Crippen LogP contribution is -2.33. The minimum atomic E-state index is -0.359. The van der Waals surface area contributed by atoms with Crippen molar-refractivity contribution in [3.8, 4) is 0 Å². The van der Waals surface area contributed by atoms with Crippen molar-refractivity contribution in [2.75, 3.05) is 33.7 Å². The Balaban J connectivity index is 2.69. The predicted octanol–water partition coefficient (Wildman–Crippen LogP) is 0.459. The molecule has 6 heteroatoms. The predicted molar refractivity (Wildman–Crippen MR) is 80.0 cm³/mol. The molecule has 112 valence electrons. The van der Waals surface area contributed by atoms with Gasteiger partial charge in [0.15, 0.2) is 0 Å². The van der Waals surface area contributed by atoms with Crippen molar-refractivity contribution in [1.29, 1.82) is 0 Å². The fourth-order valence-corrected chi connectivity index (χ4v) is 1.92. The highest BCUT2D eigenvalue weighted by molar-refractivity contribution is 5.91. The number of hydrazine groups is 1. The van der Waals surface area contributed by atoms with Crippen molar-refractivity contribution in [2.45, 2.75) is 19.9 Å². The minimum Gasteiger partial charge on any atom is -0.308 e. The lowest BCUT2D eigenvalue weighted by molar-refractivity contribution is 0.0948. The highest BCUT2D eigenvalue weighted by Crippen LogP contribution is 2.05. The maximum absolute atomic E-state index is 11.5. The molecule has 1 rings (SSSR count). The van der Waals surface area contributed by atoms with Crippen molar-refractivity contribution in [1.82, 2.24) is 20.2 Å². The monoisotopic (exact) mass is 279 g/mol. The normalized spacial score (nSPS) is 11.1. The molecule has 1 heterocycles. The standard InChI is InChI=1S/C14H25N5O/c1-4-8-19(10-9-18(2)3)11-12-6-5-7-13(16-12)14(20)17-15/h5-7H,4,8-11,15H2,1-3H3,(H,17,20). The third kappa shape index (κ3) is 5.64. The average molecular weight is 279 g/mol. The summed E-state index contributed by atoms with van der Waals surface area (Å²) >= 11 is 0. The van der Waals surface area contributed by atoms with Crippen LogP contribution in [-0.4, -0.2) is 54.4 Å². The number of nitrogens with zero attached hydrogens (tertiary/aromatic N) is 3. The zero-order valence-corrected chi connectivity index (χ0v) is 12.6. The van der Waals surface area contributed by atoms with Gasteiger partial charge in [0, 0.05) is 19.6 Å². The molecule has 0 saturated carbocycles. The summed E-state index contributed by atoms with van der Waals surface area (Å²) in [5.74, 6) is 4.77. The Morgan fingerprint density at radius 2 is 2.05 bits per heavy atom. The summed E-state index contributed by atoms with van der Waals surface area (Å²) < 4.78 is 0. The van der Waals surface area contributed by atoms with E-state index >= 15 is 0 Å². The second-order valence-corrected chi connectivity index (χ2v) is 5.07. The fraction of sp³-hybridized carbons (Fsp3) is 0.571. The highest BCUT2D eigenvalue weighted by Gasteiger charge is 2.09. The Kier molecular flexibility index (Phi) is 7.14. The van der Waals surface area contributed by atoms with Crippen molar-refractivity contribution in [3.63, 3.8) is 0 Å². The number of nitrogens with two attached hydrogens (primary N) is 1. The third-order valence-electron chi connectivity index (χ3n) is 2.96. The average Bonchev–Trinajstić information content (AvgIpc) is 2.44. The Bertz CT molecular complexity index is 422. The van der Waals surface area contributed by atoms with E-state index in [-0.39, 0.29) is 5.91 Å². The van der Waals surface area contributed by atoms with Crippen LogP contribution in [0.4, 0.5) is 0 Å². The van der Waals surface area contributed by atoms with Crippen LogP contribution in [0.3, 0.4) is 0 Å². The van der Waals surface area contributed by atoms with Gasteiger partial charge in [-0.05, 0) is 39.2 Å². The molecule has 0 atom stereocenters. The van der Waals surface area contributed by atoms with E-state index in [9.17, 15) is 4.79 Å². The van der Waals surface area contributed by atoms with Gasteiger partial charge < -0.3 is 4.90 Å². The van der Waals surface area contributed by atoms with Crippen LogP contribution in [-0.2, 0) is 6.54 Å². The fourth-order valence-electron chi connectivity index (χ4n) is 1.92. The van der Waals surface area contributed by atoms with Crippen molar-refractivity contribution < 1.29 is 4.79 Å². The topological polar surface area (TPSA) is 74.5 Å². The number of aromatic nitrogens is 1. The molecule has 1 aromatic heterocycles. The molecule has 20 heavy (non-hydrogen) atoms. The zero-order valence-electron chi connectivity index (χ0n) is 12.6. The van der Waals surface area contributed by atoms with Gasteiger partial charge in [-0.1, -0.05) is 13.0 Å². The molecule has 0 fully saturated rings. The molecule has 0 aliphatic heterocycles. The summed E-state index contributed by atoms with van der Waals surface area (Å²) in [5.41, 5.74) is 3.35. The Morgan fingerprint density at radius 3 is 2.65 bits per heavy atom. The van der Waals surface area contributed by atoms with Crippen molar-refractivity contribution in [3.05, 3.63) is 29.6 Å². The minimum absolute atomic E-state index is 0.356. The number of likely N-dealkylation sites (N-methyl/N-ethyl adjacent to an activating group) is 1. The number of carbonyl (C=O) groups excluding carboxylic acids is 1. The van der Waals surface area contributed by atoms with Crippen LogP contribution in [0, 0.1) is 0 Å². The molecule has 0 unspecified atom stereocenters. The molecular formula is C14H25N5O. The van der Waals surface area contributed by atoms with Gasteiger partial charge in [-0.15, -0.1) is 0 Å². The maximum Gasteiger partial charge on any atom is 0.283 e. The SMILES string of the molecule is CCCN(CCN(C)C)Cc1cccc(C(=O)NN)n1. The van der Waals surface area contributed by atoms with Crippen LogP contribution in [0.1, 0.15) is 29.5 Å². The lowest BCUT2D eigenvalue weighted by atomic mass is 10.2. The first-order valence-corrected chi connectivity index (χ1v) is 6.90. The van der Waals surface area contributed by atoms with Gasteiger partial charge in [-0.3, -0.25) is 15.1 Å². The largest absolute Gasteiger partial charge is 0.308 e. The van der Waals surface area contributed by atoms with E-state index in [0.717, 1.165) is 38.3 Å². The van der Waals surface area contributed by atoms with E-state index < -0.39 is 0 Å². The van der Waals surface area contributed by atoms with Crippen LogP contribution in [0.5, 0.6) is 0 Å². The molecule has 0 saturated heterocycles. The molecule has 3 N–H and O–H groups in total. The zero-order chi connectivity index (χ0) is 15.0. The van der Waals surface area contributed by atoms with Crippen LogP contribution in [0.15, 0.2) is 18.2 Å². The van der Waals surface area contributed by atoms with Crippen LogP contribution in [0.25, 0.3) is 0 Å². The first-order valence-electron chi connectivity index (χ1n) is 6.90. The number of pyridine rings is 1. The number of carbonyl (C=O) groups is 1. The van der Waals surface area contributed by atoms with E-state index in [1.807, 2.05) is 12.1 Å². The van der Waals surface area contributed by atoms with Gasteiger partial charge in [0.2, 0.25) is 0 Å². The van der Waals surface area contributed by atoms with Crippen molar-refractivity contribution >= 4 is 5.91 Å². The highest BCUT2D eigenvalue weighted by atomic mass is 16.2. The summed E-state index contributed by atoms with van der Waals surface area (Å²) in [6, 6.07) is 5.43. The van der Waals surface area contributed by atoms with Crippen LogP contribution >= 0.6 is 0 Å². The Morgan fingerprint density at radius 1 is 1.30 bits per heavy atom. The molecule has 0 bridgehead atoms. The number of amides is 1. The van der Waals surface area contributed by atoms with E-state index in [0.29, 0.717) is 5.69 Å². The van der Waals surface area contributed by atoms with Gasteiger partial charge in [-0.2, -0.15) is 0 Å². The van der Waals surface area contributed by atoms with Gasteiger partial charge in [0.1, 0.15) is 5.69 Å². The summed E-state index contributed by atoms with van der Waals surface area (Å²) in [6.45, 7) is 5.91. The lowest BCUT2D eigenvalue weighted by Gasteiger charge is -2.23. The number of hydrogen-bond acceptors (Lipinski definition) is 5. The molecule has 0 aliphatic carbocycles. The van der Waals surface area contributed by atoms with E-state index in [1.165, 1.54) is 0 Å². The summed E-state index contributed by atoms with van der Waals surface area (Å²) in [5, 5.41) is 0. The molecule has 0 aromatic carbocycles. The van der Waals surface area contributed by atoms with E-state index in [2.05, 4.69) is 41.2 Å².